The van der Waals surface area contributed by atoms with Crippen LogP contribution in [0.2, 0.25) is 0 Å². The molecule has 0 bridgehead atoms. The van der Waals surface area contributed by atoms with Gasteiger partial charge >= 0.3 is 0 Å². The van der Waals surface area contributed by atoms with E-state index in [9.17, 15) is 4.91 Å². The average molecular weight is 195 g/mol. The Morgan fingerprint density at radius 1 is 1.00 bits per heavy atom. The molecular weight excluding hydrogens is 174 g/mol. The first-order valence-corrected chi connectivity index (χ1v) is 6.14. The van der Waals surface area contributed by atoms with Gasteiger partial charge in [0.05, 0.1) is 6.54 Å². The van der Waals surface area contributed by atoms with Gasteiger partial charge in [0.15, 0.2) is 0 Å². The zero-order valence-corrected chi connectivity index (χ0v) is 9.00. The Labute approximate surface area is 86.4 Å². The second-order valence-corrected chi connectivity index (χ2v) is 5.32. The summed E-state index contributed by atoms with van der Waals surface area (Å²) in [6.45, 7) is 0.562. The number of hydrogen-bond acceptors (Lipinski definition) is 2. The van der Waals surface area contributed by atoms with Crippen molar-refractivity contribution in [1.82, 2.24) is 0 Å². The van der Waals surface area contributed by atoms with Gasteiger partial charge in [-0.15, -0.1) is 0 Å². The molecule has 2 nitrogen and oxygen atoms in total. The third kappa shape index (κ3) is 2.55. The van der Waals surface area contributed by atoms with E-state index in [2.05, 4.69) is 5.18 Å². The Bertz CT molecular complexity index is 198. The summed E-state index contributed by atoms with van der Waals surface area (Å²) >= 11 is 0. The van der Waals surface area contributed by atoms with Crippen LogP contribution in [0.1, 0.15) is 57.8 Å². The first-order valence-electron chi connectivity index (χ1n) is 6.14. The summed E-state index contributed by atoms with van der Waals surface area (Å²) in [5.74, 6) is 0.599. The maximum absolute atomic E-state index is 10.2. The average Bonchev–Trinajstić information content (AvgIpc) is 2.90. The maximum atomic E-state index is 10.2. The number of nitroso groups, excluding NO2 is 1. The molecule has 2 heteroatoms. The molecule has 0 aliphatic heterocycles. The highest BCUT2D eigenvalue weighted by molar-refractivity contribution is 4.93. The third-order valence-corrected chi connectivity index (χ3v) is 4.18. The topological polar surface area (TPSA) is 29.4 Å². The van der Waals surface area contributed by atoms with Gasteiger partial charge in [-0.1, -0.05) is 24.4 Å². The van der Waals surface area contributed by atoms with Crippen LogP contribution in [0.5, 0.6) is 0 Å². The van der Waals surface area contributed by atoms with Crippen LogP contribution in [0, 0.1) is 16.2 Å². The second kappa shape index (κ2) is 4.41. The van der Waals surface area contributed by atoms with E-state index >= 15 is 0 Å². The molecule has 2 fully saturated rings. The lowest BCUT2D eigenvalue weighted by Crippen LogP contribution is -2.04. The fourth-order valence-electron chi connectivity index (χ4n) is 2.93. The zero-order chi connectivity index (χ0) is 9.86. The van der Waals surface area contributed by atoms with Gasteiger partial charge in [-0.25, -0.2) is 0 Å². The van der Waals surface area contributed by atoms with Gasteiger partial charge in [-0.3, -0.25) is 0 Å². The summed E-state index contributed by atoms with van der Waals surface area (Å²) in [6, 6.07) is 0. The van der Waals surface area contributed by atoms with Crippen molar-refractivity contribution in [1.29, 1.82) is 0 Å². The van der Waals surface area contributed by atoms with E-state index in [0.29, 0.717) is 12.5 Å². The van der Waals surface area contributed by atoms with Gasteiger partial charge in [-0.2, -0.15) is 4.91 Å². The second-order valence-electron chi connectivity index (χ2n) is 5.32. The van der Waals surface area contributed by atoms with Crippen molar-refractivity contribution in [3.8, 4) is 0 Å². The van der Waals surface area contributed by atoms with E-state index in [4.69, 9.17) is 0 Å². The summed E-state index contributed by atoms with van der Waals surface area (Å²) in [6.07, 6.45) is 12.3. The molecule has 0 saturated heterocycles. The number of rotatable bonds is 2. The molecule has 0 radical (unpaired) electrons. The first-order chi connectivity index (χ1) is 6.85. The number of nitrogens with zero attached hydrogens (tertiary/aromatic N) is 1. The summed E-state index contributed by atoms with van der Waals surface area (Å²) in [7, 11) is 0. The van der Waals surface area contributed by atoms with E-state index in [-0.39, 0.29) is 0 Å². The first kappa shape index (κ1) is 10.1. The smallest absolute Gasteiger partial charge is 0.0839 e. The minimum absolute atomic E-state index is 0.562. The fourth-order valence-corrected chi connectivity index (χ4v) is 2.93. The van der Waals surface area contributed by atoms with E-state index in [1.165, 1.54) is 57.8 Å². The lowest BCUT2D eigenvalue weighted by Gasteiger charge is -2.12. The maximum Gasteiger partial charge on any atom is 0.0839 e. The minimum Gasteiger partial charge on any atom is -0.151 e. The van der Waals surface area contributed by atoms with Crippen molar-refractivity contribution in [2.45, 2.75) is 57.8 Å². The van der Waals surface area contributed by atoms with Gasteiger partial charge in [-0.05, 0) is 49.9 Å². The van der Waals surface area contributed by atoms with Crippen LogP contribution < -0.4 is 0 Å². The molecule has 1 atom stereocenters. The molecule has 0 aromatic carbocycles. The Kier molecular flexibility index (Phi) is 3.19. The third-order valence-electron chi connectivity index (χ3n) is 4.18. The Morgan fingerprint density at radius 3 is 2.43 bits per heavy atom. The molecule has 2 saturated carbocycles. The van der Waals surface area contributed by atoms with E-state index < -0.39 is 0 Å². The van der Waals surface area contributed by atoms with E-state index in [1.54, 1.807) is 0 Å². The van der Waals surface area contributed by atoms with Crippen LogP contribution in [0.3, 0.4) is 0 Å². The predicted molar refractivity (Wildman–Crippen MR) is 58.1 cm³/mol. The van der Waals surface area contributed by atoms with Gasteiger partial charge in [0, 0.05) is 0 Å². The van der Waals surface area contributed by atoms with Gasteiger partial charge in [0.25, 0.3) is 0 Å². The highest BCUT2D eigenvalue weighted by Crippen LogP contribution is 2.54. The molecule has 0 N–H and O–H groups in total. The quantitative estimate of drug-likeness (QED) is 0.614. The van der Waals surface area contributed by atoms with Crippen molar-refractivity contribution < 1.29 is 0 Å². The molecule has 14 heavy (non-hydrogen) atoms. The molecule has 1 spiro atoms. The SMILES string of the molecule is O=NCC1CCCCC2(CCC1)CC2. The van der Waals surface area contributed by atoms with Crippen LogP contribution in [0.25, 0.3) is 0 Å². The van der Waals surface area contributed by atoms with E-state index in [1.807, 2.05) is 0 Å². The summed E-state index contributed by atoms with van der Waals surface area (Å²) in [5, 5.41) is 3.06. The molecule has 0 amide bonds. The van der Waals surface area contributed by atoms with Crippen molar-refractivity contribution >= 4 is 0 Å². The van der Waals surface area contributed by atoms with E-state index in [0.717, 1.165) is 5.41 Å². The largest absolute Gasteiger partial charge is 0.151 e. The zero-order valence-electron chi connectivity index (χ0n) is 9.00. The Hall–Kier alpha value is -0.400. The summed E-state index contributed by atoms with van der Waals surface area (Å²) < 4.78 is 0. The highest BCUT2D eigenvalue weighted by Gasteiger charge is 2.41. The van der Waals surface area contributed by atoms with Crippen LogP contribution in [0.4, 0.5) is 0 Å². The Morgan fingerprint density at radius 2 is 1.71 bits per heavy atom. The van der Waals surface area contributed by atoms with Crippen LogP contribution >= 0.6 is 0 Å². The highest BCUT2D eigenvalue weighted by atomic mass is 16.3. The van der Waals surface area contributed by atoms with Gasteiger partial charge in [0.1, 0.15) is 0 Å². The van der Waals surface area contributed by atoms with Crippen molar-refractivity contribution in [2.75, 3.05) is 6.54 Å². The lowest BCUT2D eigenvalue weighted by atomic mass is 9.93. The van der Waals surface area contributed by atoms with Gasteiger partial charge < -0.3 is 0 Å². The number of hydrogen-bond donors (Lipinski definition) is 0. The molecular formula is C12H21NO. The van der Waals surface area contributed by atoms with Crippen LogP contribution in [0.15, 0.2) is 5.18 Å². The fraction of sp³-hybridized carbons (Fsp3) is 1.00. The molecule has 80 valence electrons. The molecule has 0 heterocycles. The normalized spacial score (nSPS) is 31.6. The summed E-state index contributed by atoms with van der Waals surface area (Å²) in [4.78, 5) is 10.2. The minimum atomic E-state index is 0.562. The molecule has 2 aliphatic carbocycles. The molecule has 0 aromatic rings. The van der Waals surface area contributed by atoms with Crippen molar-refractivity contribution in [3.05, 3.63) is 4.91 Å². The lowest BCUT2D eigenvalue weighted by molar-refractivity contribution is 0.397. The van der Waals surface area contributed by atoms with Crippen molar-refractivity contribution in [2.24, 2.45) is 16.5 Å². The van der Waals surface area contributed by atoms with Crippen LogP contribution in [-0.2, 0) is 0 Å². The summed E-state index contributed by atoms with van der Waals surface area (Å²) in [5.41, 5.74) is 0.767. The standard InChI is InChI=1S/C12H21NO/c14-13-10-11-4-1-2-6-12(8-9-12)7-3-5-11/h11H,1-10H2. The predicted octanol–water partition coefficient (Wildman–Crippen LogP) is 3.89. The molecule has 1 unspecified atom stereocenters. The molecule has 2 rings (SSSR count). The van der Waals surface area contributed by atoms with Gasteiger partial charge in [0.2, 0.25) is 0 Å². The molecule has 2 aliphatic rings. The monoisotopic (exact) mass is 195 g/mol. The molecule has 0 aromatic heterocycles. The van der Waals surface area contributed by atoms with Crippen molar-refractivity contribution in [3.63, 3.8) is 0 Å². The van der Waals surface area contributed by atoms with Crippen LogP contribution in [-0.4, -0.2) is 6.54 Å². The Balaban J connectivity index is 1.81.